The zero-order valence-electron chi connectivity index (χ0n) is 25.1. The van der Waals surface area contributed by atoms with Crippen molar-refractivity contribution in [3.63, 3.8) is 0 Å². The summed E-state index contributed by atoms with van der Waals surface area (Å²) in [6.07, 6.45) is 4.79. The molecule has 1 unspecified atom stereocenters. The minimum absolute atomic E-state index is 0.0125. The van der Waals surface area contributed by atoms with Gasteiger partial charge in [0.1, 0.15) is 12.2 Å². The first-order valence-electron chi connectivity index (χ1n) is 14.4. The highest BCUT2D eigenvalue weighted by Gasteiger charge is 2.42. The molecule has 0 aromatic rings. The number of aliphatic hydroxyl groups is 1. The topological polar surface area (TPSA) is 72.8 Å². The van der Waals surface area contributed by atoms with Crippen LogP contribution in [0, 0.1) is 29.6 Å². The molecule has 29 heavy (non-hydrogen) atoms. The predicted molar refractivity (Wildman–Crippen MR) is 111 cm³/mol. The van der Waals surface area contributed by atoms with E-state index in [-0.39, 0.29) is 31.1 Å². The van der Waals surface area contributed by atoms with Gasteiger partial charge in [-0.2, -0.15) is 0 Å². The Hall–Kier alpha value is -1.62. The molecule has 0 radical (unpaired) electrons. The molecule has 1 aliphatic heterocycles. The first-order chi connectivity index (χ1) is 17.1. The third-order valence-electron chi connectivity index (χ3n) is 6.29. The summed E-state index contributed by atoms with van der Waals surface area (Å²) in [5.74, 6) is -5.45. The van der Waals surface area contributed by atoms with Crippen molar-refractivity contribution in [2.75, 3.05) is 0 Å². The van der Waals surface area contributed by atoms with Crippen molar-refractivity contribution in [2.45, 2.75) is 84.4 Å². The normalized spacial score (nSPS) is 43.9. The summed E-state index contributed by atoms with van der Waals surface area (Å²) < 4.78 is 73.7. The van der Waals surface area contributed by atoms with Gasteiger partial charge < -0.3 is 14.6 Å². The second-order valence-corrected chi connectivity index (χ2v) is 8.44. The fraction of sp³-hybridized carbons (Fsp3) is 0.750. The smallest absolute Gasteiger partial charge is 0.308 e. The monoisotopic (exact) mass is 412 g/mol. The quantitative estimate of drug-likeness (QED) is 0.635. The molecule has 1 fully saturated rings. The molecule has 0 bridgehead atoms. The van der Waals surface area contributed by atoms with Crippen LogP contribution in [0.1, 0.15) is 75.7 Å². The zero-order chi connectivity index (χ0) is 27.8. The Kier molecular flexibility index (Phi) is 4.45. The standard InChI is InChI=1S/C24H36O5/c1-5-15(3)24(27)29-21-11-14(2)10-17-7-6-16(4)20(23(17)21)9-8-19-12-18(25)13-22(26)28-19/h6-7,10,14-16,18-21,23,25H,5,8-9,11-13H2,1-4H3/t14-,15-,16-,18+,19?,20-,21-,23-/m0/s1/i2D3,3D3,15D,25D. The molecule has 0 spiro atoms. The van der Waals surface area contributed by atoms with Gasteiger partial charge in [0.05, 0.1) is 18.4 Å². The van der Waals surface area contributed by atoms with E-state index in [1.807, 2.05) is 19.1 Å². The minimum atomic E-state index is -2.91. The Balaban J connectivity index is 1.89. The molecule has 3 rings (SSSR count). The zero-order valence-corrected chi connectivity index (χ0v) is 17.1. The molecule has 0 aromatic carbocycles. The lowest BCUT2D eigenvalue weighted by atomic mass is 9.65. The maximum atomic E-state index is 13.1. The van der Waals surface area contributed by atoms with E-state index in [9.17, 15) is 9.59 Å². The van der Waals surface area contributed by atoms with Crippen LogP contribution in [-0.2, 0) is 19.1 Å². The Morgan fingerprint density at radius 2 is 2.34 bits per heavy atom. The molecule has 8 atom stereocenters. The van der Waals surface area contributed by atoms with Gasteiger partial charge in [-0.05, 0) is 49.0 Å². The maximum Gasteiger partial charge on any atom is 0.308 e. The Morgan fingerprint density at radius 1 is 1.48 bits per heavy atom. The van der Waals surface area contributed by atoms with Crippen LogP contribution in [-0.4, -0.2) is 36.8 Å². The molecule has 0 saturated carbocycles. The molecule has 0 aromatic heterocycles. The lowest BCUT2D eigenvalue weighted by molar-refractivity contribution is -0.162. The van der Waals surface area contributed by atoms with E-state index in [0.717, 1.165) is 0 Å². The number of hydrogen-bond acceptors (Lipinski definition) is 5. The van der Waals surface area contributed by atoms with Crippen molar-refractivity contribution in [1.29, 1.82) is 1.43 Å². The molecule has 1 saturated heterocycles. The van der Waals surface area contributed by atoms with Crippen molar-refractivity contribution in [2.24, 2.45) is 29.6 Å². The summed E-state index contributed by atoms with van der Waals surface area (Å²) >= 11 is 0. The van der Waals surface area contributed by atoms with Crippen molar-refractivity contribution in [1.82, 2.24) is 0 Å². The number of carbonyl (C=O) groups is 2. The first kappa shape index (κ1) is 13.6. The summed E-state index contributed by atoms with van der Waals surface area (Å²) in [4.78, 5) is 25.0. The fourth-order valence-corrected chi connectivity index (χ4v) is 4.76. The highest BCUT2D eigenvalue weighted by atomic mass is 16.5. The van der Waals surface area contributed by atoms with E-state index in [4.69, 9.17) is 20.5 Å². The number of fused-ring (bicyclic) bond motifs is 1. The number of rotatable bonds is 7. The number of aliphatic hydroxyl groups excluding tert-OH is 1. The summed E-state index contributed by atoms with van der Waals surface area (Å²) in [6.45, 7) is -1.82. The molecule has 1 N–H and O–H groups in total. The minimum Gasteiger partial charge on any atom is -0.462 e. The molecular weight excluding hydrogens is 368 g/mol. The van der Waals surface area contributed by atoms with Crippen molar-refractivity contribution < 1.29 is 33.8 Å². The highest BCUT2D eigenvalue weighted by molar-refractivity contribution is 5.72. The van der Waals surface area contributed by atoms with E-state index in [2.05, 4.69) is 5.11 Å². The third-order valence-corrected chi connectivity index (χ3v) is 6.29. The van der Waals surface area contributed by atoms with Crippen LogP contribution in [0.4, 0.5) is 0 Å². The van der Waals surface area contributed by atoms with Gasteiger partial charge in [-0.3, -0.25) is 9.59 Å². The van der Waals surface area contributed by atoms with Gasteiger partial charge in [-0.15, -0.1) is 0 Å². The Labute approximate surface area is 185 Å². The van der Waals surface area contributed by atoms with Crippen LogP contribution < -0.4 is 0 Å². The van der Waals surface area contributed by atoms with Crippen LogP contribution >= 0.6 is 0 Å². The van der Waals surface area contributed by atoms with Gasteiger partial charge in [-0.1, -0.05) is 45.8 Å². The number of esters is 2. The largest absolute Gasteiger partial charge is 0.462 e. The predicted octanol–water partition coefficient (Wildman–Crippen LogP) is 4.20. The average Bonchev–Trinajstić information content (AvgIpc) is 2.80. The van der Waals surface area contributed by atoms with Crippen molar-refractivity contribution in [3.8, 4) is 0 Å². The van der Waals surface area contributed by atoms with Crippen molar-refractivity contribution in [3.05, 3.63) is 23.8 Å². The number of hydrogen-bond donors (Lipinski definition) is 1. The van der Waals surface area contributed by atoms with Crippen LogP contribution in [0.3, 0.4) is 0 Å². The lowest BCUT2D eigenvalue weighted by Crippen LogP contribution is -2.42. The van der Waals surface area contributed by atoms with Gasteiger partial charge in [0, 0.05) is 21.9 Å². The lowest BCUT2D eigenvalue weighted by Gasteiger charge is -2.43. The molecule has 5 heteroatoms. The molecular formula is C24H36O5. The summed E-state index contributed by atoms with van der Waals surface area (Å²) in [5.41, 5.74) is 0.710. The molecule has 5 nitrogen and oxygen atoms in total. The Morgan fingerprint density at radius 3 is 3.07 bits per heavy atom. The van der Waals surface area contributed by atoms with Crippen LogP contribution in [0.25, 0.3) is 0 Å². The summed E-state index contributed by atoms with van der Waals surface area (Å²) in [7, 11) is 0. The van der Waals surface area contributed by atoms with Crippen LogP contribution in [0.15, 0.2) is 23.8 Å². The van der Waals surface area contributed by atoms with Gasteiger partial charge in [0.2, 0.25) is 1.43 Å². The number of ether oxygens (including phenoxy) is 2. The molecule has 162 valence electrons. The van der Waals surface area contributed by atoms with Crippen LogP contribution in [0.5, 0.6) is 0 Å². The first-order valence-corrected chi connectivity index (χ1v) is 10.5. The van der Waals surface area contributed by atoms with Gasteiger partial charge in [0.15, 0.2) is 0 Å². The third kappa shape index (κ3) is 5.30. The van der Waals surface area contributed by atoms with E-state index >= 15 is 0 Å². The van der Waals surface area contributed by atoms with E-state index in [0.29, 0.717) is 24.8 Å². The molecule has 2 aliphatic carbocycles. The number of cyclic esters (lactones) is 1. The van der Waals surface area contributed by atoms with Gasteiger partial charge >= 0.3 is 11.9 Å². The summed E-state index contributed by atoms with van der Waals surface area (Å²) in [6, 6.07) is 0. The van der Waals surface area contributed by atoms with E-state index in [1.54, 1.807) is 6.08 Å². The average molecular weight is 413 g/mol. The molecule has 1 heterocycles. The maximum absolute atomic E-state index is 13.1. The SMILES string of the molecule is [2H]O[C@H]1CC(=O)OC(CC[C@@H]2[C@@H]3C(=C[C@H](C([2H])([2H])[2H])C[C@@H]3OC(=O)[C@]([2H])(CC)C([2H])([2H])[2H])C=C[C@@H]2C)C1. The van der Waals surface area contributed by atoms with Gasteiger partial charge in [0.25, 0.3) is 0 Å². The van der Waals surface area contributed by atoms with E-state index < -0.39 is 61.7 Å². The number of allylic oxidation sites excluding steroid dienone is 3. The highest BCUT2D eigenvalue weighted by Crippen LogP contribution is 2.45. The van der Waals surface area contributed by atoms with E-state index in [1.165, 1.54) is 6.92 Å². The van der Waals surface area contributed by atoms with Gasteiger partial charge in [-0.25, -0.2) is 0 Å². The second kappa shape index (κ2) is 9.46. The number of carbonyl (C=O) groups excluding carboxylic acids is 2. The second-order valence-electron chi connectivity index (χ2n) is 8.44. The Bertz CT molecular complexity index is 914. The molecule has 3 aliphatic rings. The van der Waals surface area contributed by atoms with Crippen LogP contribution in [0.2, 0.25) is 0 Å². The molecule has 0 amide bonds. The van der Waals surface area contributed by atoms with Crippen molar-refractivity contribution >= 4 is 11.9 Å². The fourth-order valence-electron chi connectivity index (χ4n) is 4.76. The summed E-state index contributed by atoms with van der Waals surface area (Å²) in [5, 5.41) is 4.62.